The molecule has 2 rings (SSSR count). The molecule has 3 nitrogen and oxygen atoms in total. The predicted molar refractivity (Wildman–Crippen MR) is 72.0 cm³/mol. The van der Waals surface area contributed by atoms with Crippen LogP contribution in [0.3, 0.4) is 0 Å². The fourth-order valence-corrected chi connectivity index (χ4v) is 2.67. The van der Waals surface area contributed by atoms with Crippen molar-refractivity contribution in [1.29, 1.82) is 0 Å². The third kappa shape index (κ3) is 3.09. The highest BCUT2D eigenvalue weighted by Gasteiger charge is 2.13. The van der Waals surface area contributed by atoms with Gasteiger partial charge in [-0.1, -0.05) is 6.07 Å². The fourth-order valence-electron chi connectivity index (χ4n) is 1.87. The smallest absolute Gasteiger partial charge is 0.132 e. The zero-order valence-corrected chi connectivity index (χ0v) is 11.5. The van der Waals surface area contributed by atoms with Gasteiger partial charge in [-0.2, -0.15) is 0 Å². The van der Waals surface area contributed by atoms with E-state index in [9.17, 15) is 0 Å². The SMILES string of the molecule is COc1ccc(CC2COCCN2)cc1I. The summed E-state index contributed by atoms with van der Waals surface area (Å²) in [6.45, 7) is 2.59. The van der Waals surface area contributed by atoms with E-state index < -0.39 is 0 Å². The average Bonchev–Trinajstić information content (AvgIpc) is 2.31. The monoisotopic (exact) mass is 333 g/mol. The van der Waals surface area contributed by atoms with Crippen LogP contribution < -0.4 is 10.1 Å². The summed E-state index contributed by atoms with van der Waals surface area (Å²) in [6.07, 6.45) is 1.01. The van der Waals surface area contributed by atoms with Crippen molar-refractivity contribution in [3.63, 3.8) is 0 Å². The molecule has 0 amide bonds. The van der Waals surface area contributed by atoms with Crippen molar-refractivity contribution in [2.75, 3.05) is 26.9 Å². The molecule has 16 heavy (non-hydrogen) atoms. The summed E-state index contributed by atoms with van der Waals surface area (Å²) in [5, 5.41) is 3.46. The maximum absolute atomic E-state index is 5.44. The van der Waals surface area contributed by atoms with Gasteiger partial charge in [-0.3, -0.25) is 0 Å². The number of ether oxygens (including phenoxy) is 2. The second-order valence-electron chi connectivity index (χ2n) is 3.90. The van der Waals surface area contributed by atoms with Gasteiger partial charge in [0.25, 0.3) is 0 Å². The average molecular weight is 333 g/mol. The Hall–Kier alpha value is -0.330. The number of hydrogen-bond donors (Lipinski definition) is 1. The van der Waals surface area contributed by atoms with Gasteiger partial charge in [0.1, 0.15) is 5.75 Å². The zero-order valence-electron chi connectivity index (χ0n) is 9.33. The number of rotatable bonds is 3. The molecule has 1 atom stereocenters. The van der Waals surface area contributed by atoms with Gasteiger partial charge < -0.3 is 14.8 Å². The molecule has 1 saturated heterocycles. The fraction of sp³-hybridized carbons (Fsp3) is 0.500. The normalized spacial score (nSPS) is 20.8. The number of hydrogen-bond acceptors (Lipinski definition) is 3. The van der Waals surface area contributed by atoms with Crippen LogP contribution in [0, 0.1) is 3.57 Å². The molecule has 88 valence electrons. The lowest BCUT2D eigenvalue weighted by molar-refractivity contribution is 0.0770. The molecule has 1 heterocycles. The highest BCUT2D eigenvalue weighted by atomic mass is 127. The van der Waals surface area contributed by atoms with E-state index in [-0.39, 0.29) is 0 Å². The van der Waals surface area contributed by atoms with E-state index in [1.54, 1.807) is 7.11 Å². The lowest BCUT2D eigenvalue weighted by atomic mass is 10.1. The summed E-state index contributed by atoms with van der Waals surface area (Å²) < 4.78 is 11.8. The van der Waals surface area contributed by atoms with E-state index >= 15 is 0 Å². The minimum absolute atomic E-state index is 0.443. The van der Waals surface area contributed by atoms with Gasteiger partial charge in [0, 0.05) is 12.6 Å². The predicted octanol–water partition coefficient (Wildman–Crippen LogP) is 1.83. The highest BCUT2D eigenvalue weighted by Crippen LogP contribution is 2.22. The summed E-state index contributed by atoms with van der Waals surface area (Å²) >= 11 is 2.30. The van der Waals surface area contributed by atoms with E-state index in [0.29, 0.717) is 6.04 Å². The number of methoxy groups -OCH3 is 1. The molecule has 1 aliphatic rings. The molecule has 1 unspecified atom stereocenters. The van der Waals surface area contributed by atoms with E-state index in [2.05, 4.69) is 40.0 Å². The maximum Gasteiger partial charge on any atom is 0.132 e. The van der Waals surface area contributed by atoms with Crippen LogP contribution in [0.1, 0.15) is 5.56 Å². The van der Waals surface area contributed by atoms with Gasteiger partial charge in [-0.25, -0.2) is 0 Å². The molecule has 1 aromatic rings. The molecule has 0 spiro atoms. The topological polar surface area (TPSA) is 30.5 Å². The molecule has 0 radical (unpaired) electrons. The molecule has 1 fully saturated rings. The van der Waals surface area contributed by atoms with Crippen molar-refractivity contribution in [3.05, 3.63) is 27.3 Å². The first kappa shape index (κ1) is 12.1. The van der Waals surface area contributed by atoms with Crippen molar-refractivity contribution in [2.24, 2.45) is 0 Å². The van der Waals surface area contributed by atoms with Crippen molar-refractivity contribution in [1.82, 2.24) is 5.32 Å². The third-order valence-corrected chi connectivity index (χ3v) is 3.54. The zero-order chi connectivity index (χ0) is 11.4. The minimum Gasteiger partial charge on any atom is -0.496 e. The van der Waals surface area contributed by atoms with E-state index in [0.717, 1.165) is 35.5 Å². The van der Waals surface area contributed by atoms with Gasteiger partial charge in [-0.05, 0) is 46.7 Å². The van der Waals surface area contributed by atoms with Gasteiger partial charge in [0.05, 0.1) is 23.9 Å². The quantitative estimate of drug-likeness (QED) is 0.857. The van der Waals surface area contributed by atoms with Crippen LogP contribution in [0.5, 0.6) is 5.75 Å². The molecule has 0 saturated carbocycles. The lowest BCUT2D eigenvalue weighted by Crippen LogP contribution is -2.42. The molecule has 1 aliphatic heterocycles. The highest BCUT2D eigenvalue weighted by molar-refractivity contribution is 14.1. The molecule has 1 N–H and O–H groups in total. The van der Waals surface area contributed by atoms with Crippen LogP contribution in [-0.2, 0) is 11.2 Å². The first-order chi connectivity index (χ1) is 7.79. The third-order valence-electron chi connectivity index (χ3n) is 2.70. The van der Waals surface area contributed by atoms with Gasteiger partial charge >= 0.3 is 0 Å². The Morgan fingerprint density at radius 2 is 2.44 bits per heavy atom. The number of morpholine rings is 1. The van der Waals surface area contributed by atoms with Crippen molar-refractivity contribution >= 4 is 22.6 Å². The van der Waals surface area contributed by atoms with Crippen molar-refractivity contribution in [2.45, 2.75) is 12.5 Å². The molecule has 0 bridgehead atoms. The van der Waals surface area contributed by atoms with Crippen LogP contribution >= 0.6 is 22.6 Å². The minimum atomic E-state index is 0.443. The Kier molecular flexibility index (Phi) is 4.43. The van der Waals surface area contributed by atoms with Crippen LogP contribution in [0.25, 0.3) is 0 Å². The largest absolute Gasteiger partial charge is 0.496 e. The Morgan fingerprint density at radius 3 is 3.06 bits per heavy atom. The van der Waals surface area contributed by atoms with E-state index in [1.165, 1.54) is 5.56 Å². The Morgan fingerprint density at radius 1 is 1.56 bits per heavy atom. The Balaban J connectivity index is 2.01. The van der Waals surface area contributed by atoms with Crippen LogP contribution in [0.4, 0.5) is 0 Å². The standard InChI is InChI=1S/C12H16INO2/c1-15-12-3-2-9(7-11(12)13)6-10-8-16-5-4-14-10/h2-3,7,10,14H,4-6,8H2,1H3. The van der Waals surface area contributed by atoms with Gasteiger partial charge in [0.2, 0.25) is 0 Å². The van der Waals surface area contributed by atoms with Crippen molar-refractivity contribution in [3.8, 4) is 5.75 Å². The van der Waals surface area contributed by atoms with Crippen LogP contribution in [0.15, 0.2) is 18.2 Å². The Bertz CT molecular complexity index is 351. The number of halogens is 1. The molecular formula is C12H16INO2. The molecule has 0 aromatic heterocycles. The van der Waals surface area contributed by atoms with Crippen molar-refractivity contribution < 1.29 is 9.47 Å². The molecular weight excluding hydrogens is 317 g/mol. The maximum atomic E-state index is 5.44. The summed E-state index contributed by atoms with van der Waals surface area (Å²) in [7, 11) is 1.70. The molecule has 4 heteroatoms. The molecule has 0 aliphatic carbocycles. The summed E-state index contributed by atoms with van der Waals surface area (Å²) in [6, 6.07) is 6.77. The van der Waals surface area contributed by atoms with Crippen LogP contribution in [-0.4, -0.2) is 32.9 Å². The number of benzene rings is 1. The summed E-state index contributed by atoms with van der Waals surface area (Å²) in [5.41, 5.74) is 1.33. The lowest BCUT2D eigenvalue weighted by Gasteiger charge is -2.24. The van der Waals surface area contributed by atoms with E-state index in [1.807, 2.05) is 6.07 Å². The first-order valence-electron chi connectivity index (χ1n) is 5.43. The molecule has 1 aromatic carbocycles. The first-order valence-corrected chi connectivity index (χ1v) is 6.51. The number of nitrogens with one attached hydrogen (secondary N) is 1. The summed E-state index contributed by atoms with van der Waals surface area (Å²) in [4.78, 5) is 0. The summed E-state index contributed by atoms with van der Waals surface area (Å²) in [5.74, 6) is 0.942. The van der Waals surface area contributed by atoms with Gasteiger partial charge in [0.15, 0.2) is 0 Å². The second kappa shape index (κ2) is 5.84. The second-order valence-corrected chi connectivity index (χ2v) is 5.06. The van der Waals surface area contributed by atoms with Crippen LogP contribution in [0.2, 0.25) is 0 Å². The van der Waals surface area contributed by atoms with E-state index in [4.69, 9.17) is 9.47 Å². The van der Waals surface area contributed by atoms with Gasteiger partial charge in [-0.15, -0.1) is 0 Å². The Labute approximate surface area is 110 Å².